The van der Waals surface area contributed by atoms with Crippen LogP contribution in [0.25, 0.3) is 0 Å². The van der Waals surface area contributed by atoms with Gasteiger partial charge < -0.3 is 20.3 Å². The Hall–Kier alpha value is -1.82. The van der Waals surface area contributed by atoms with E-state index in [0.717, 1.165) is 0 Å². The molecule has 3 N–H and O–H groups in total. The number of nitrogens with two attached hydrogens (primary N) is 1. The molecular weight excluding hydrogens is 200 g/mol. The number of carbonyl (C=O) groups is 1. The maximum atomic E-state index is 10.6. The first-order valence-corrected chi connectivity index (χ1v) is 4.17. The molecule has 0 aliphatic carbocycles. The maximum absolute atomic E-state index is 10.6. The highest BCUT2D eigenvalue weighted by Crippen LogP contribution is 2.25. The van der Waals surface area contributed by atoms with Crippen molar-refractivity contribution in [3.05, 3.63) is 17.8 Å². The lowest BCUT2D eigenvalue weighted by atomic mass is 10.2. The summed E-state index contributed by atoms with van der Waals surface area (Å²) in [6.07, 6.45) is 0. The number of rotatable bonds is 4. The summed E-state index contributed by atoms with van der Waals surface area (Å²) in [4.78, 5) is 14.5. The molecule has 1 atom stereocenters. The molecule has 0 radical (unpaired) electrons. The molecular formula is C9H12N2O4. The average molecular weight is 212 g/mol. The predicted octanol–water partition coefficient (Wildman–Crippen LogP) is 0.183. The second-order valence-corrected chi connectivity index (χ2v) is 2.76. The number of carboxylic acids is 1. The van der Waals surface area contributed by atoms with E-state index in [1.165, 1.54) is 20.3 Å². The van der Waals surface area contributed by atoms with Crippen LogP contribution in [0.1, 0.15) is 11.7 Å². The summed E-state index contributed by atoms with van der Waals surface area (Å²) in [5, 5.41) is 8.69. The second-order valence-electron chi connectivity index (χ2n) is 2.76. The Morgan fingerprint density at radius 3 is 2.60 bits per heavy atom. The van der Waals surface area contributed by atoms with Crippen LogP contribution in [0.2, 0.25) is 0 Å². The highest BCUT2D eigenvalue weighted by atomic mass is 16.5. The van der Waals surface area contributed by atoms with Gasteiger partial charge in [-0.25, -0.2) is 4.98 Å². The monoisotopic (exact) mass is 212 g/mol. The van der Waals surface area contributed by atoms with Gasteiger partial charge in [0.25, 0.3) is 5.88 Å². The number of ether oxygens (including phenoxy) is 2. The molecule has 0 bridgehead atoms. The summed E-state index contributed by atoms with van der Waals surface area (Å²) in [6, 6.07) is 1.88. The summed E-state index contributed by atoms with van der Waals surface area (Å²) in [7, 11) is 2.89. The van der Waals surface area contributed by atoms with Crippen molar-refractivity contribution in [2.75, 3.05) is 14.2 Å². The lowest BCUT2D eigenvalue weighted by molar-refractivity contribution is -0.138. The van der Waals surface area contributed by atoms with Gasteiger partial charge >= 0.3 is 5.97 Å². The van der Waals surface area contributed by atoms with Crippen molar-refractivity contribution in [1.29, 1.82) is 0 Å². The summed E-state index contributed by atoms with van der Waals surface area (Å²) in [6.45, 7) is 0. The van der Waals surface area contributed by atoms with Gasteiger partial charge in [-0.05, 0) is 12.1 Å². The molecule has 1 heterocycles. The first kappa shape index (κ1) is 11.3. The summed E-state index contributed by atoms with van der Waals surface area (Å²) < 4.78 is 9.88. The van der Waals surface area contributed by atoms with Crippen molar-refractivity contribution in [1.82, 2.24) is 4.98 Å². The Morgan fingerprint density at radius 2 is 2.13 bits per heavy atom. The summed E-state index contributed by atoms with van der Waals surface area (Å²) in [5.41, 5.74) is 5.62. The SMILES string of the molecule is COc1ccc(C(N)C(=O)O)nc1OC. The highest BCUT2D eigenvalue weighted by molar-refractivity contribution is 5.74. The van der Waals surface area contributed by atoms with Crippen LogP contribution in [0.4, 0.5) is 0 Å². The largest absolute Gasteiger partial charge is 0.491 e. The Kier molecular flexibility index (Phi) is 3.46. The normalized spacial score (nSPS) is 11.9. The smallest absolute Gasteiger partial charge is 0.326 e. The third kappa shape index (κ3) is 2.35. The minimum Gasteiger partial charge on any atom is -0.491 e. The molecule has 0 amide bonds. The van der Waals surface area contributed by atoms with Gasteiger partial charge in [0.15, 0.2) is 5.75 Å². The lowest BCUT2D eigenvalue weighted by Gasteiger charge is -2.10. The number of aromatic nitrogens is 1. The molecule has 0 aliphatic rings. The Morgan fingerprint density at radius 1 is 1.47 bits per heavy atom. The highest BCUT2D eigenvalue weighted by Gasteiger charge is 2.17. The molecule has 1 aromatic rings. The van der Waals surface area contributed by atoms with E-state index in [-0.39, 0.29) is 11.6 Å². The first-order chi connectivity index (χ1) is 7.10. The Balaban J connectivity index is 3.07. The van der Waals surface area contributed by atoms with Crippen LogP contribution in [0.15, 0.2) is 12.1 Å². The summed E-state index contributed by atoms with van der Waals surface area (Å²) in [5.74, 6) is -0.500. The first-order valence-electron chi connectivity index (χ1n) is 4.17. The van der Waals surface area contributed by atoms with E-state index in [1.54, 1.807) is 6.07 Å². The summed E-state index contributed by atoms with van der Waals surface area (Å²) >= 11 is 0. The average Bonchev–Trinajstić information content (AvgIpc) is 2.26. The molecule has 0 fully saturated rings. The third-order valence-electron chi connectivity index (χ3n) is 1.84. The number of nitrogens with zero attached hydrogens (tertiary/aromatic N) is 1. The van der Waals surface area contributed by atoms with Crippen molar-refractivity contribution >= 4 is 5.97 Å². The molecule has 15 heavy (non-hydrogen) atoms. The maximum Gasteiger partial charge on any atom is 0.326 e. The molecule has 6 heteroatoms. The zero-order chi connectivity index (χ0) is 11.4. The van der Waals surface area contributed by atoms with Crippen molar-refractivity contribution in [2.24, 2.45) is 5.73 Å². The van der Waals surface area contributed by atoms with E-state index >= 15 is 0 Å². The predicted molar refractivity (Wildman–Crippen MR) is 51.9 cm³/mol. The molecule has 1 unspecified atom stereocenters. The Labute approximate surface area is 86.6 Å². The van der Waals surface area contributed by atoms with Crippen molar-refractivity contribution in [2.45, 2.75) is 6.04 Å². The molecule has 0 saturated carbocycles. The van der Waals surface area contributed by atoms with Gasteiger partial charge in [0.05, 0.1) is 19.9 Å². The zero-order valence-electron chi connectivity index (χ0n) is 8.43. The fraction of sp³-hybridized carbons (Fsp3) is 0.333. The van der Waals surface area contributed by atoms with Gasteiger partial charge in [0.1, 0.15) is 6.04 Å². The van der Waals surface area contributed by atoms with Crippen LogP contribution in [-0.4, -0.2) is 30.3 Å². The van der Waals surface area contributed by atoms with E-state index in [2.05, 4.69) is 4.98 Å². The number of hydrogen-bond donors (Lipinski definition) is 2. The van der Waals surface area contributed by atoms with Gasteiger partial charge in [0, 0.05) is 0 Å². The van der Waals surface area contributed by atoms with Gasteiger partial charge in [-0.15, -0.1) is 0 Å². The van der Waals surface area contributed by atoms with Crippen molar-refractivity contribution < 1.29 is 19.4 Å². The fourth-order valence-electron chi connectivity index (χ4n) is 1.04. The molecule has 1 aromatic heterocycles. The molecule has 0 spiro atoms. The van der Waals surface area contributed by atoms with Crippen molar-refractivity contribution in [3.63, 3.8) is 0 Å². The molecule has 0 saturated heterocycles. The van der Waals surface area contributed by atoms with E-state index in [1.807, 2.05) is 0 Å². The molecule has 6 nitrogen and oxygen atoms in total. The molecule has 0 aromatic carbocycles. The van der Waals surface area contributed by atoms with Crippen molar-refractivity contribution in [3.8, 4) is 11.6 Å². The third-order valence-corrected chi connectivity index (χ3v) is 1.84. The number of pyridine rings is 1. The minimum atomic E-state index is -1.16. The number of hydrogen-bond acceptors (Lipinski definition) is 5. The number of methoxy groups -OCH3 is 2. The minimum absolute atomic E-state index is 0.215. The van der Waals surface area contributed by atoms with Crippen LogP contribution in [0, 0.1) is 0 Å². The quantitative estimate of drug-likeness (QED) is 0.739. The van der Waals surface area contributed by atoms with E-state index < -0.39 is 12.0 Å². The lowest BCUT2D eigenvalue weighted by Crippen LogP contribution is -2.21. The van der Waals surface area contributed by atoms with Gasteiger partial charge in [0.2, 0.25) is 0 Å². The zero-order valence-corrected chi connectivity index (χ0v) is 8.43. The standard InChI is InChI=1S/C9H12N2O4/c1-14-6-4-3-5(7(10)9(12)13)11-8(6)15-2/h3-4,7H,10H2,1-2H3,(H,12,13). The van der Waals surface area contributed by atoms with Crippen LogP contribution in [0.3, 0.4) is 0 Å². The van der Waals surface area contributed by atoms with E-state index in [9.17, 15) is 4.79 Å². The fourth-order valence-corrected chi connectivity index (χ4v) is 1.04. The van der Waals surface area contributed by atoms with E-state index in [0.29, 0.717) is 5.75 Å². The van der Waals surface area contributed by atoms with Crippen LogP contribution >= 0.6 is 0 Å². The molecule has 1 rings (SSSR count). The van der Waals surface area contributed by atoms with E-state index in [4.69, 9.17) is 20.3 Å². The molecule has 82 valence electrons. The van der Waals surface area contributed by atoms with Crippen LogP contribution in [-0.2, 0) is 4.79 Å². The van der Waals surface area contributed by atoms with Gasteiger partial charge in [-0.1, -0.05) is 0 Å². The Bertz CT molecular complexity index is 367. The number of carboxylic acid groups (broad SMARTS) is 1. The van der Waals surface area contributed by atoms with Gasteiger partial charge in [-0.2, -0.15) is 0 Å². The van der Waals surface area contributed by atoms with Gasteiger partial charge in [-0.3, -0.25) is 4.79 Å². The van der Waals surface area contributed by atoms with Crippen LogP contribution < -0.4 is 15.2 Å². The second kappa shape index (κ2) is 4.61. The van der Waals surface area contributed by atoms with Crippen LogP contribution in [0.5, 0.6) is 11.6 Å². The topological polar surface area (TPSA) is 94.7 Å². The molecule has 0 aliphatic heterocycles. The number of aliphatic carboxylic acids is 1.